The Bertz CT molecular complexity index is 888. The van der Waals surface area contributed by atoms with Gasteiger partial charge in [0.25, 0.3) is 5.91 Å². The van der Waals surface area contributed by atoms with E-state index in [9.17, 15) is 4.79 Å². The predicted molar refractivity (Wildman–Crippen MR) is 113 cm³/mol. The van der Waals surface area contributed by atoms with Gasteiger partial charge in [-0.2, -0.15) is 0 Å². The summed E-state index contributed by atoms with van der Waals surface area (Å²) in [6.45, 7) is 2.98. The van der Waals surface area contributed by atoms with E-state index in [0.717, 1.165) is 35.6 Å². The molecule has 2 aromatic heterocycles. The molecule has 2 aliphatic rings. The summed E-state index contributed by atoms with van der Waals surface area (Å²) >= 11 is 1.58. The number of nitrogens with zero attached hydrogens (tertiary/aromatic N) is 4. The fourth-order valence-corrected chi connectivity index (χ4v) is 4.62. The van der Waals surface area contributed by atoms with Crippen molar-refractivity contribution < 1.29 is 14.3 Å². The van der Waals surface area contributed by atoms with Gasteiger partial charge in [-0.25, -0.2) is 9.97 Å². The van der Waals surface area contributed by atoms with Crippen molar-refractivity contribution in [2.75, 3.05) is 50.6 Å². The van der Waals surface area contributed by atoms with Crippen LogP contribution in [0.25, 0.3) is 11.0 Å². The Morgan fingerprint density at radius 3 is 3.10 bits per heavy atom. The van der Waals surface area contributed by atoms with Gasteiger partial charge in [-0.1, -0.05) is 0 Å². The molecule has 2 aromatic rings. The molecule has 4 rings (SSSR count). The highest BCUT2D eigenvalue weighted by Crippen LogP contribution is 2.30. The Kier molecular flexibility index (Phi) is 6.34. The predicted octanol–water partition coefficient (Wildman–Crippen LogP) is 0.944. The number of fused-ring (bicyclic) bond motifs is 1. The van der Waals surface area contributed by atoms with E-state index in [1.54, 1.807) is 25.2 Å². The van der Waals surface area contributed by atoms with Crippen LogP contribution in [0.1, 0.15) is 6.42 Å². The summed E-state index contributed by atoms with van der Waals surface area (Å²) in [7, 11) is 1.64. The third-order valence-corrected chi connectivity index (χ3v) is 6.16. The number of thioether (sulfide) groups is 1. The molecule has 0 unspecified atom stereocenters. The molecule has 2 aliphatic heterocycles. The number of piperidine rings is 1. The molecule has 0 radical (unpaired) electrons. The number of carbonyl (C=O) groups is 1. The Balaban J connectivity index is 1.44. The van der Waals surface area contributed by atoms with Gasteiger partial charge in [-0.3, -0.25) is 4.79 Å². The Morgan fingerprint density at radius 1 is 1.38 bits per heavy atom. The topological polar surface area (TPSA) is 110 Å². The van der Waals surface area contributed by atoms with Crippen molar-refractivity contribution in [2.24, 2.45) is 5.73 Å². The molecule has 1 saturated heterocycles. The number of nitrogens with one attached hydrogen (secondary N) is 1. The van der Waals surface area contributed by atoms with Gasteiger partial charge < -0.3 is 30.0 Å². The van der Waals surface area contributed by atoms with Crippen molar-refractivity contribution in [1.29, 1.82) is 0 Å². The number of H-pyrrole nitrogens is 1. The molecule has 1 amide bonds. The minimum Gasteiger partial charge on any atom is -0.382 e. The van der Waals surface area contributed by atoms with Crippen LogP contribution in [0.3, 0.4) is 0 Å². The average molecular weight is 419 g/mol. The molecule has 10 heteroatoms. The Morgan fingerprint density at radius 2 is 2.28 bits per heavy atom. The zero-order valence-electron chi connectivity index (χ0n) is 16.4. The number of carbonyl (C=O) groups excluding carboxylic acids is 1. The standard InChI is InChI=1S/C19H26N6O3S/c1-27-7-8-28-15-3-5-25(10-14(15)20)19(26)16-11-24(6-9-29-16)18-13-2-4-21-17(13)22-12-23-18/h2,4,11-12,14-15H,3,5-10,20H2,1H3,(H,21,22,23)/t14-,15-/m0/s1. The summed E-state index contributed by atoms with van der Waals surface area (Å²) in [6.07, 6.45) is 5.98. The minimum absolute atomic E-state index is 0.0184. The summed E-state index contributed by atoms with van der Waals surface area (Å²) in [5, 5.41) is 0.943. The van der Waals surface area contributed by atoms with E-state index in [2.05, 4.69) is 15.0 Å². The number of nitrogens with two attached hydrogens (primary N) is 1. The molecule has 2 atom stereocenters. The van der Waals surface area contributed by atoms with Gasteiger partial charge in [-0.05, 0) is 12.5 Å². The zero-order valence-corrected chi connectivity index (χ0v) is 17.2. The number of likely N-dealkylation sites (tertiary alicyclic amines) is 1. The maximum Gasteiger partial charge on any atom is 0.261 e. The lowest BCUT2D eigenvalue weighted by atomic mass is 10.0. The SMILES string of the molecule is COCCO[C@H]1CCN(C(=O)C2=CN(c3ncnc4[nH]ccc34)CCS2)C[C@@H]1N. The van der Waals surface area contributed by atoms with Crippen LogP contribution in [0.2, 0.25) is 0 Å². The van der Waals surface area contributed by atoms with Crippen LogP contribution in [0, 0.1) is 0 Å². The molecule has 29 heavy (non-hydrogen) atoms. The fourth-order valence-electron chi connectivity index (χ4n) is 3.66. The molecule has 0 aromatic carbocycles. The molecule has 0 saturated carbocycles. The van der Waals surface area contributed by atoms with Crippen molar-refractivity contribution in [3.05, 3.63) is 29.7 Å². The largest absolute Gasteiger partial charge is 0.382 e. The highest BCUT2D eigenvalue weighted by atomic mass is 32.2. The van der Waals surface area contributed by atoms with Gasteiger partial charge in [0.15, 0.2) is 0 Å². The number of methoxy groups -OCH3 is 1. The first-order valence-electron chi connectivity index (χ1n) is 9.72. The van der Waals surface area contributed by atoms with Gasteiger partial charge in [0, 0.05) is 50.9 Å². The van der Waals surface area contributed by atoms with Crippen molar-refractivity contribution in [3.8, 4) is 0 Å². The molecule has 3 N–H and O–H groups in total. The van der Waals surface area contributed by atoms with Crippen molar-refractivity contribution in [1.82, 2.24) is 19.9 Å². The summed E-state index contributed by atoms with van der Waals surface area (Å²) in [4.78, 5) is 29.5. The Hall–Kier alpha value is -2.14. The van der Waals surface area contributed by atoms with E-state index in [1.807, 2.05) is 28.3 Å². The first-order chi connectivity index (χ1) is 14.2. The highest BCUT2D eigenvalue weighted by molar-refractivity contribution is 8.04. The first-order valence-corrected chi connectivity index (χ1v) is 10.7. The second-order valence-electron chi connectivity index (χ2n) is 7.08. The van der Waals surface area contributed by atoms with Gasteiger partial charge in [0.05, 0.1) is 29.6 Å². The molecule has 0 aliphatic carbocycles. The number of amides is 1. The van der Waals surface area contributed by atoms with Crippen molar-refractivity contribution in [2.45, 2.75) is 18.6 Å². The summed E-state index contributed by atoms with van der Waals surface area (Å²) in [6, 6.07) is 1.76. The third kappa shape index (κ3) is 4.40. The Labute approximate surface area is 173 Å². The number of hydrogen-bond donors (Lipinski definition) is 2. The van der Waals surface area contributed by atoms with Crippen LogP contribution < -0.4 is 10.6 Å². The molecule has 156 valence electrons. The number of hydrogen-bond acceptors (Lipinski definition) is 8. The number of aromatic nitrogens is 3. The third-order valence-electron chi connectivity index (χ3n) is 5.18. The number of ether oxygens (including phenoxy) is 2. The van der Waals surface area contributed by atoms with E-state index in [4.69, 9.17) is 15.2 Å². The molecule has 0 spiro atoms. The lowest BCUT2D eigenvalue weighted by Crippen LogP contribution is -2.54. The van der Waals surface area contributed by atoms with E-state index < -0.39 is 0 Å². The van der Waals surface area contributed by atoms with Crippen molar-refractivity contribution in [3.63, 3.8) is 0 Å². The maximum atomic E-state index is 13.1. The number of aromatic amines is 1. The van der Waals surface area contributed by atoms with Crippen LogP contribution in [0.5, 0.6) is 0 Å². The second kappa shape index (κ2) is 9.12. The first kappa shape index (κ1) is 20.1. The van der Waals surface area contributed by atoms with Crippen LogP contribution in [0.15, 0.2) is 29.7 Å². The fraction of sp³-hybridized carbons (Fsp3) is 0.526. The quantitative estimate of drug-likeness (QED) is 0.667. The zero-order chi connectivity index (χ0) is 20.2. The summed E-state index contributed by atoms with van der Waals surface area (Å²) in [5.41, 5.74) is 7.06. The van der Waals surface area contributed by atoms with Crippen LogP contribution in [0.4, 0.5) is 5.82 Å². The summed E-state index contributed by atoms with van der Waals surface area (Å²) in [5.74, 6) is 1.64. The van der Waals surface area contributed by atoms with E-state index in [-0.39, 0.29) is 18.1 Å². The van der Waals surface area contributed by atoms with Gasteiger partial charge in [0.1, 0.15) is 17.8 Å². The second-order valence-corrected chi connectivity index (χ2v) is 8.21. The van der Waals surface area contributed by atoms with Gasteiger partial charge >= 0.3 is 0 Å². The molecule has 0 bridgehead atoms. The minimum atomic E-state index is -0.198. The maximum absolute atomic E-state index is 13.1. The van der Waals surface area contributed by atoms with E-state index >= 15 is 0 Å². The monoisotopic (exact) mass is 418 g/mol. The summed E-state index contributed by atoms with van der Waals surface area (Å²) < 4.78 is 10.8. The number of rotatable bonds is 6. The normalized spacial score (nSPS) is 22.8. The molecular formula is C19H26N6O3S. The average Bonchev–Trinajstić information content (AvgIpc) is 3.23. The molecule has 4 heterocycles. The van der Waals surface area contributed by atoms with E-state index in [1.165, 1.54) is 0 Å². The molecule has 9 nitrogen and oxygen atoms in total. The van der Waals surface area contributed by atoms with Crippen LogP contribution in [-0.2, 0) is 14.3 Å². The van der Waals surface area contributed by atoms with E-state index in [0.29, 0.717) is 31.2 Å². The lowest BCUT2D eigenvalue weighted by molar-refractivity contribution is -0.129. The van der Waals surface area contributed by atoms with Gasteiger partial charge in [-0.15, -0.1) is 11.8 Å². The lowest BCUT2D eigenvalue weighted by Gasteiger charge is -2.37. The van der Waals surface area contributed by atoms with Crippen molar-refractivity contribution >= 4 is 34.5 Å². The smallest absolute Gasteiger partial charge is 0.261 e. The molecule has 1 fully saturated rings. The van der Waals surface area contributed by atoms with Gasteiger partial charge in [0.2, 0.25) is 0 Å². The van der Waals surface area contributed by atoms with Crippen LogP contribution in [-0.4, -0.2) is 83.6 Å². The van der Waals surface area contributed by atoms with Crippen LogP contribution >= 0.6 is 11.8 Å². The number of anilines is 1. The highest BCUT2D eigenvalue weighted by Gasteiger charge is 2.32. The molecular weight excluding hydrogens is 392 g/mol.